The van der Waals surface area contributed by atoms with E-state index in [0.29, 0.717) is 5.92 Å². The van der Waals surface area contributed by atoms with Crippen molar-refractivity contribution in [3.63, 3.8) is 0 Å². The third-order valence-electron chi connectivity index (χ3n) is 1.02. The summed E-state index contributed by atoms with van der Waals surface area (Å²) in [6.07, 6.45) is 0. The summed E-state index contributed by atoms with van der Waals surface area (Å²) >= 11 is 5.58. The predicted molar refractivity (Wildman–Crippen MR) is 37.6 cm³/mol. The Kier molecular flexibility index (Phi) is 4.29. The molecule has 0 spiro atoms. The molecule has 0 saturated heterocycles. The first kappa shape index (κ1) is 8.25. The fraction of sp³-hybridized carbons (Fsp3) is 1.00. The summed E-state index contributed by atoms with van der Waals surface area (Å²) in [6, 6.07) is 0. The maximum atomic E-state index is 5.58. The third kappa shape index (κ3) is 4.41. The highest BCUT2D eigenvalue weighted by Gasteiger charge is 2.02. The van der Waals surface area contributed by atoms with Crippen LogP contribution in [0.4, 0.5) is 0 Å². The molecule has 0 heterocycles. The van der Waals surface area contributed by atoms with Crippen LogP contribution in [0.15, 0.2) is 0 Å². The summed E-state index contributed by atoms with van der Waals surface area (Å²) in [5, 5.41) is 0. The zero-order valence-corrected chi connectivity index (χ0v) is 6.63. The smallest absolute Gasteiger partial charge is 0.0804 e. The van der Waals surface area contributed by atoms with E-state index in [1.807, 2.05) is 0 Å². The maximum Gasteiger partial charge on any atom is 0.0804 e. The van der Waals surface area contributed by atoms with E-state index in [-0.39, 0.29) is 0 Å². The van der Waals surface area contributed by atoms with Gasteiger partial charge < -0.3 is 4.90 Å². The topological polar surface area (TPSA) is 4.44 Å². The summed E-state index contributed by atoms with van der Waals surface area (Å²) in [6.45, 7) is 3.34. The van der Waals surface area contributed by atoms with Crippen molar-refractivity contribution in [1.82, 2.24) is 0 Å². The Labute approximate surface area is 56.6 Å². The van der Waals surface area contributed by atoms with Crippen molar-refractivity contribution < 1.29 is 4.90 Å². The van der Waals surface area contributed by atoms with Crippen LogP contribution in [0.2, 0.25) is 0 Å². The second kappa shape index (κ2) is 4.16. The molecule has 0 amide bonds. The van der Waals surface area contributed by atoms with Crippen LogP contribution >= 0.6 is 11.6 Å². The standard InChI is InChI=1S/C6H14ClN/c1-6(4-7)5-8(2)3/h6H,4-5H2,1-3H3/p+1/t6-/m0/s1. The lowest BCUT2D eigenvalue weighted by molar-refractivity contribution is -0.861. The van der Waals surface area contributed by atoms with Crippen molar-refractivity contribution >= 4 is 11.6 Å². The number of nitrogens with one attached hydrogen (secondary N) is 1. The first-order chi connectivity index (χ1) is 3.66. The third-order valence-corrected chi connectivity index (χ3v) is 1.55. The monoisotopic (exact) mass is 136 g/mol. The molecule has 1 N–H and O–H groups in total. The van der Waals surface area contributed by atoms with E-state index < -0.39 is 0 Å². The fourth-order valence-corrected chi connectivity index (χ4v) is 0.861. The van der Waals surface area contributed by atoms with E-state index in [1.165, 1.54) is 11.4 Å². The molecule has 0 radical (unpaired) electrons. The molecular formula is C6H15ClN+. The molecule has 2 heteroatoms. The van der Waals surface area contributed by atoms with Crippen LogP contribution in [0.1, 0.15) is 6.92 Å². The number of hydrogen-bond donors (Lipinski definition) is 1. The summed E-state index contributed by atoms with van der Waals surface area (Å²) in [5.41, 5.74) is 0. The molecule has 0 aromatic heterocycles. The zero-order chi connectivity index (χ0) is 6.57. The van der Waals surface area contributed by atoms with Gasteiger partial charge in [-0.15, -0.1) is 11.6 Å². The molecule has 0 aliphatic carbocycles. The van der Waals surface area contributed by atoms with E-state index in [0.717, 1.165) is 5.88 Å². The molecule has 1 atom stereocenters. The maximum absolute atomic E-state index is 5.58. The number of rotatable bonds is 3. The van der Waals surface area contributed by atoms with Crippen molar-refractivity contribution in [2.45, 2.75) is 6.92 Å². The van der Waals surface area contributed by atoms with Gasteiger partial charge in [0, 0.05) is 11.8 Å². The summed E-state index contributed by atoms with van der Waals surface area (Å²) in [5.74, 6) is 1.44. The highest BCUT2D eigenvalue weighted by Crippen LogP contribution is 1.91. The SMILES string of the molecule is C[C@@H](CCl)C[NH+](C)C. The van der Waals surface area contributed by atoms with E-state index in [1.54, 1.807) is 0 Å². The van der Waals surface area contributed by atoms with Crippen LogP contribution in [-0.2, 0) is 0 Å². The van der Waals surface area contributed by atoms with Gasteiger partial charge in [0.1, 0.15) is 0 Å². The quantitative estimate of drug-likeness (QED) is 0.522. The molecule has 0 aliphatic heterocycles. The predicted octanol–water partition coefficient (Wildman–Crippen LogP) is 0.00580. The lowest BCUT2D eigenvalue weighted by atomic mass is 10.2. The lowest BCUT2D eigenvalue weighted by Crippen LogP contribution is -3.06. The van der Waals surface area contributed by atoms with Gasteiger partial charge in [-0.25, -0.2) is 0 Å². The van der Waals surface area contributed by atoms with E-state index >= 15 is 0 Å². The molecule has 8 heavy (non-hydrogen) atoms. The molecular weight excluding hydrogens is 122 g/mol. The first-order valence-electron chi connectivity index (χ1n) is 3.01. The fourth-order valence-electron chi connectivity index (χ4n) is 0.751. The van der Waals surface area contributed by atoms with E-state index in [9.17, 15) is 0 Å². The minimum absolute atomic E-state index is 0.654. The van der Waals surface area contributed by atoms with Gasteiger partial charge in [0.05, 0.1) is 20.6 Å². The van der Waals surface area contributed by atoms with Gasteiger partial charge in [-0.3, -0.25) is 0 Å². The van der Waals surface area contributed by atoms with Crippen molar-refractivity contribution in [1.29, 1.82) is 0 Å². The van der Waals surface area contributed by atoms with Gasteiger partial charge in [0.15, 0.2) is 0 Å². The highest BCUT2D eigenvalue weighted by atomic mass is 35.5. The molecule has 0 rings (SSSR count). The summed E-state index contributed by atoms with van der Waals surface area (Å²) in [4.78, 5) is 1.47. The average Bonchev–Trinajstić information content (AvgIpc) is 1.65. The second-order valence-electron chi connectivity index (χ2n) is 2.67. The van der Waals surface area contributed by atoms with Crippen molar-refractivity contribution in [3.8, 4) is 0 Å². The van der Waals surface area contributed by atoms with Crippen LogP contribution in [0.25, 0.3) is 0 Å². The van der Waals surface area contributed by atoms with Crippen molar-refractivity contribution in [3.05, 3.63) is 0 Å². The van der Waals surface area contributed by atoms with Crippen LogP contribution in [-0.4, -0.2) is 26.5 Å². The Hall–Kier alpha value is 0.250. The van der Waals surface area contributed by atoms with Crippen LogP contribution in [0, 0.1) is 5.92 Å². The molecule has 0 bridgehead atoms. The van der Waals surface area contributed by atoms with Crippen LogP contribution < -0.4 is 4.90 Å². The Balaban J connectivity index is 3.10. The zero-order valence-electron chi connectivity index (χ0n) is 5.87. The first-order valence-corrected chi connectivity index (χ1v) is 3.55. The lowest BCUT2D eigenvalue weighted by Gasteiger charge is -2.10. The van der Waals surface area contributed by atoms with Crippen LogP contribution in [0.5, 0.6) is 0 Å². The highest BCUT2D eigenvalue weighted by molar-refractivity contribution is 6.18. The summed E-state index contributed by atoms with van der Waals surface area (Å²) < 4.78 is 0. The van der Waals surface area contributed by atoms with Crippen molar-refractivity contribution in [2.24, 2.45) is 5.92 Å². The number of hydrogen-bond acceptors (Lipinski definition) is 0. The Morgan fingerprint density at radius 3 is 2.12 bits per heavy atom. The number of halogens is 1. The van der Waals surface area contributed by atoms with Crippen molar-refractivity contribution in [2.75, 3.05) is 26.5 Å². The number of quaternary nitrogens is 1. The van der Waals surface area contributed by atoms with Gasteiger partial charge in [-0.1, -0.05) is 6.92 Å². The minimum Gasteiger partial charge on any atom is -0.340 e. The van der Waals surface area contributed by atoms with Gasteiger partial charge in [-0.05, 0) is 0 Å². The molecule has 0 saturated carbocycles. The van der Waals surface area contributed by atoms with Crippen LogP contribution in [0.3, 0.4) is 0 Å². The molecule has 0 aromatic rings. The molecule has 0 aromatic carbocycles. The van der Waals surface area contributed by atoms with E-state index in [4.69, 9.17) is 11.6 Å². The molecule has 0 fully saturated rings. The van der Waals surface area contributed by atoms with Gasteiger partial charge in [0.2, 0.25) is 0 Å². The Morgan fingerprint density at radius 1 is 1.50 bits per heavy atom. The molecule has 0 unspecified atom stereocenters. The van der Waals surface area contributed by atoms with Gasteiger partial charge in [0.25, 0.3) is 0 Å². The Morgan fingerprint density at radius 2 is 2.00 bits per heavy atom. The molecule has 0 aliphatic rings. The average molecular weight is 137 g/mol. The Bertz CT molecular complexity index is 54.5. The molecule has 1 nitrogen and oxygen atoms in total. The van der Waals surface area contributed by atoms with Gasteiger partial charge >= 0.3 is 0 Å². The largest absolute Gasteiger partial charge is 0.340 e. The molecule has 50 valence electrons. The van der Waals surface area contributed by atoms with E-state index in [2.05, 4.69) is 21.0 Å². The normalized spacial score (nSPS) is 14.6. The van der Waals surface area contributed by atoms with Gasteiger partial charge in [-0.2, -0.15) is 0 Å². The summed E-state index contributed by atoms with van der Waals surface area (Å²) in [7, 11) is 4.28. The second-order valence-corrected chi connectivity index (χ2v) is 2.98. The minimum atomic E-state index is 0.654. The number of alkyl halides is 1.